The summed E-state index contributed by atoms with van der Waals surface area (Å²) in [6.45, 7) is 0. The minimum Gasteiger partial charge on any atom is -0.288 e. The summed E-state index contributed by atoms with van der Waals surface area (Å²) in [7, 11) is 0. The summed E-state index contributed by atoms with van der Waals surface area (Å²) >= 11 is 1.75. The lowest BCUT2D eigenvalue weighted by Crippen LogP contribution is -2.27. The van der Waals surface area contributed by atoms with Crippen molar-refractivity contribution < 1.29 is 0 Å². The van der Waals surface area contributed by atoms with Crippen LogP contribution in [0.3, 0.4) is 0 Å². The van der Waals surface area contributed by atoms with Crippen molar-refractivity contribution in [2.45, 2.75) is 10.9 Å². The Bertz CT molecular complexity index is 1940. The van der Waals surface area contributed by atoms with Gasteiger partial charge in [0.1, 0.15) is 0 Å². The van der Waals surface area contributed by atoms with E-state index >= 15 is 0 Å². The second kappa shape index (κ2) is 9.00. The monoisotopic (exact) mass is 516 g/mol. The Kier molecular flexibility index (Phi) is 5.17. The third kappa shape index (κ3) is 3.70. The standard InChI is InChI=1S/C36H24N2S/c1-2-10-25(11-3-1)32-23-34(38-33-16-8-9-17-35(33)39-36(38)37-32)26-20-18-24(19-21-26)31-22-27-12-4-5-13-28(27)29-14-6-7-15-30(29)31/h1-23,32H. The Balaban J connectivity index is 1.26. The molecule has 6 aromatic rings. The van der Waals surface area contributed by atoms with E-state index in [0.29, 0.717) is 0 Å². The normalized spacial score (nSPS) is 16.1. The summed E-state index contributed by atoms with van der Waals surface area (Å²) in [4.78, 5) is 8.73. The zero-order valence-corrected chi connectivity index (χ0v) is 22.0. The highest BCUT2D eigenvalue weighted by Crippen LogP contribution is 2.48. The molecular formula is C36H24N2S. The van der Waals surface area contributed by atoms with Crippen molar-refractivity contribution in [1.82, 2.24) is 0 Å². The molecule has 0 saturated heterocycles. The molecule has 1 unspecified atom stereocenters. The fourth-order valence-corrected chi connectivity index (χ4v) is 6.89. The molecule has 184 valence electrons. The zero-order chi connectivity index (χ0) is 25.8. The lowest BCUT2D eigenvalue weighted by atomic mass is 9.92. The van der Waals surface area contributed by atoms with Crippen molar-refractivity contribution in [2.75, 3.05) is 4.90 Å². The topological polar surface area (TPSA) is 15.6 Å². The predicted octanol–water partition coefficient (Wildman–Crippen LogP) is 9.72. The minimum absolute atomic E-state index is 0.0154. The van der Waals surface area contributed by atoms with E-state index in [4.69, 9.17) is 4.99 Å². The van der Waals surface area contributed by atoms with Gasteiger partial charge in [-0.15, -0.1) is 0 Å². The molecule has 2 heterocycles. The van der Waals surface area contributed by atoms with Gasteiger partial charge in [0.2, 0.25) is 0 Å². The van der Waals surface area contributed by atoms with Gasteiger partial charge in [0.25, 0.3) is 0 Å². The lowest BCUT2D eigenvalue weighted by Gasteiger charge is -2.29. The first-order valence-electron chi connectivity index (χ1n) is 13.3. The molecule has 2 aliphatic heterocycles. The number of amidine groups is 1. The van der Waals surface area contributed by atoms with Gasteiger partial charge in [-0.1, -0.05) is 115 Å². The van der Waals surface area contributed by atoms with Gasteiger partial charge < -0.3 is 0 Å². The first-order chi connectivity index (χ1) is 19.3. The number of benzene rings is 6. The number of hydrogen-bond acceptors (Lipinski definition) is 3. The SMILES string of the molecule is C1=C(c2ccc(-c3cc4ccccc4c4ccccc34)cc2)N2C(=NC1c1ccccc1)Sc1ccccc12. The van der Waals surface area contributed by atoms with Crippen LogP contribution in [0.25, 0.3) is 38.4 Å². The Morgan fingerprint density at radius 3 is 2.10 bits per heavy atom. The smallest absolute Gasteiger partial charge is 0.174 e. The molecular weight excluding hydrogens is 492 g/mol. The predicted molar refractivity (Wildman–Crippen MR) is 166 cm³/mol. The molecule has 0 N–H and O–H groups in total. The van der Waals surface area contributed by atoms with Gasteiger partial charge in [-0.05, 0) is 79.8 Å². The largest absolute Gasteiger partial charge is 0.288 e. The number of fused-ring (bicyclic) bond motifs is 6. The summed E-state index contributed by atoms with van der Waals surface area (Å²) < 4.78 is 0. The molecule has 0 saturated carbocycles. The number of para-hydroxylation sites is 1. The highest BCUT2D eigenvalue weighted by molar-refractivity contribution is 8.14. The van der Waals surface area contributed by atoms with Crippen molar-refractivity contribution in [3.05, 3.63) is 151 Å². The van der Waals surface area contributed by atoms with E-state index in [-0.39, 0.29) is 6.04 Å². The van der Waals surface area contributed by atoms with E-state index in [1.807, 2.05) is 0 Å². The summed E-state index contributed by atoms with van der Waals surface area (Å²) in [5.74, 6) is 0. The van der Waals surface area contributed by atoms with Crippen LogP contribution in [0.4, 0.5) is 5.69 Å². The summed E-state index contributed by atoms with van der Waals surface area (Å²) in [5, 5.41) is 6.17. The van der Waals surface area contributed by atoms with Crippen LogP contribution in [0.2, 0.25) is 0 Å². The number of anilines is 1. The molecule has 39 heavy (non-hydrogen) atoms. The molecule has 0 spiro atoms. The molecule has 0 bridgehead atoms. The van der Waals surface area contributed by atoms with Crippen molar-refractivity contribution >= 4 is 49.9 Å². The maximum Gasteiger partial charge on any atom is 0.174 e. The maximum absolute atomic E-state index is 5.16. The highest BCUT2D eigenvalue weighted by Gasteiger charge is 2.34. The third-order valence-corrected chi connectivity index (χ3v) is 8.74. The second-order valence-electron chi connectivity index (χ2n) is 9.99. The molecule has 0 fully saturated rings. The molecule has 0 aromatic heterocycles. The van der Waals surface area contributed by atoms with Crippen LogP contribution in [0, 0.1) is 0 Å². The van der Waals surface area contributed by atoms with E-state index in [1.165, 1.54) is 60.1 Å². The number of nitrogens with zero attached hydrogens (tertiary/aromatic N) is 2. The molecule has 3 heteroatoms. The van der Waals surface area contributed by atoms with E-state index < -0.39 is 0 Å². The highest BCUT2D eigenvalue weighted by atomic mass is 32.2. The Labute approximate surface area is 232 Å². The Morgan fingerprint density at radius 1 is 0.590 bits per heavy atom. The number of aliphatic imine (C=N–C) groups is 1. The lowest BCUT2D eigenvalue weighted by molar-refractivity contribution is 0.899. The Morgan fingerprint density at radius 2 is 1.26 bits per heavy atom. The summed E-state index contributed by atoms with van der Waals surface area (Å²) in [6.07, 6.45) is 2.31. The average Bonchev–Trinajstić information content (AvgIpc) is 3.39. The molecule has 2 aliphatic rings. The van der Waals surface area contributed by atoms with Crippen molar-refractivity contribution in [3.8, 4) is 11.1 Å². The average molecular weight is 517 g/mol. The molecule has 1 atom stereocenters. The van der Waals surface area contributed by atoms with Crippen molar-refractivity contribution in [3.63, 3.8) is 0 Å². The van der Waals surface area contributed by atoms with Crippen molar-refractivity contribution in [1.29, 1.82) is 0 Å². The first-order valence-corrected chi connectivity index (χ1v) is 14.1. The van der Waals surface area contributed by atoms with Crippen LogP contribution in [0.1, 0.15) is 17.2 Å². The molecule has 0 radical (unpaired) electrons. The van der Waals surface area contributed by atoms with Crippen LogP contribution in [-0.2, 0) is 0 Å². The molecule has 0 amide bonds. The van der Waals surface area contributed by atoms with Crippen LogP contribution in [0.5, 0.6) is 0 Å². The summed E-state index contributed by atoms with van der Waals surface area (Å²) in [6, 6.07) is 47.9. The van der Waals surface area contributed by atoms with Gasteiger partial charge in [-0.3, -0.25) is 4.90 Å². The van der Waals surface area contributed by atoms with Gasteiger partial charge in [-0.2, -0.15) is 0 Å². The quantitative estimate of drug-likeness (QED) is 0.218. The summed E-state index contributed by atoms with van der Waals surface area (Å²) in [5.41, 5.74) is 7.26. The minimum atomic E-state index is -0.0154. The molecule has 2 nitrogen and oxygen atoms in total. The van der Waals surface area contributed by atoms with E-state index in [9.17, 15) is 0 Å². The van der Waals surface area contributed by atoms with Crippen LogP contribution in [0.15, 0.2) is 149 Å². The maximum atomic E-state index is 5.16. The van der Waals surface area contributed by atoms with Gasteiger partial charge in [-0.25, -0.2) is 4.99 Å². The molecule has 0 aliphatic carbocycles. The van der Waals surface area contributed by atoms with E-state index in [2.05, 4.69) is 144 Å². The van der Waals surface area contributed by atoms with Crippen LogP contribution in [-0.4, -0.2) is 5.17 Å². The number of hydrogen-bond donors (Lipinski definition) is 0. The third-order valence-electron chi connectivity index (χ3n) is 7.71. The fourth-order valence-electron chi connectivity index (χ4n) is 5.83. The van der Waals surface area contributed by atoms with Crippen molar-refractivity contribution in [2.24, 2.45) is 4.99 Å². The van der Waals surface area contributed by atoms with Gasteiger partial charge in [0.15, 0.2) is 5.17 Å². The first kappa shape index (κ1) is 22.4. The van der Waals surface area contributed by atoms with Gasteiger partial charge >= 0.3 is 0 Å². The number of thioether (sulfide) groups is 1. The fraction of sp³-hybridized carbons (Fsp3) is 0.0278. The van der Waals surface area contributed by atoms with Crippen LogP contribution < -0.4 is 4.90 Å². The molecule has 6 aromatic carbocycles. The van der Waals surface area contributed by atoms with E-state index in [0.717, 1.165) is 5.17 Å². The molecule has 8 rings (SSSR count). The zero-order valence-electron chi connectivity index (χ0n) is 21.2. The van der Waals surface area contributed by atoms with E-state index in [1.54, 1.807) is 11.8 Å². The Hall–Kier alpha value is -4.60. The number of rotatable bonds is 3. The van der Waals surface area contributed by atoms with Gasteiger partial charge in [0.05, 0.1) is 17.4 Å². The second-order valence-corrected chi connectivity index (χ2v) is 11.0. The van der Waals surface area contributed by atoms with Crippen LogP contribution >= 0.6 is 11.8 Å². The van der Waals surface area contributed by atoms with Gasteiger partial charge in [0, 0.05) is 4.90 Å².